The average molecular weight is 2150 g/mol. The second kappa shape index (κ2) is 52.8. The number of hydrogen-bond donors (Lipinski definition) is 37. The van der Waals surface area contributed by atoms with E-state index in [0.717, 1.165) is 34.6 Å². The summed E-state index contributed by atoms with van der Waals surface area (Å²) in [5.41, 5.74) is 0. The fourth-order valence-corrected chi connectivity index (χ4v) is 19.2. The number of carbonyl (C=O) groups excluding carboxylic acids is 5. The molecule has 12 saturated heterocycles. The van der Waals surface area contributed by atoms with Crippen LogP contribution in [0.2, 0.25) is 0 Å². The number of rotatable bonds is 38. The minimum Gasteiger partial charge on any atom is -0.394 e. The number of aliphatic hydroxyl groups is 32. The zero-order valence-corrected chi connectivity index (χ0v) is 79.2. The number of nitrogens with one attached hydrogen (secondary N) is 5. The smallest absolute Gasteiger partial charge is 0.217 e. The van der Waals surface area contributed by atoms with Crippen molar-refractivity contribution >= 4 is 29.5 Å². The Kier molecular flexibility index (Phi) is 43.4. The van der Waals surface area contributed by atoms with Crippen molar-refractivity contribution in [3.05, 3.63) is 0 Å². The molecule has 65 heteroatoms. The first-order valence-electron chi connectivity index (χ1n) is 47.0. The summed E-state index contributed by atoms with van der Waals surface area (Å²) >= 11 is 0. The molecule has 0 aromatic carbocycles. The monoisotopic (exact) mass is 2150 g/mol. The third-order valence-corrected chi connectivity index (χ3v) is 27.0. The van der Waals surface area contributed by atoms with Gasteiger partial charge in [0, 0.05) is 34.6 Å². The molecule has 850 valence electrons. The predicted molar refractivity (Wildman–Crippen MR) is 452 cm³/mol. The van der Waals surface area contributed by atoms with Crippen molar-refractivity contribution in [2.45, 2.75) is 410 Å². The van der Waals surface area contributed by atoms with Gasteiger partial charge >= 0.3 is 0 Å². The minimum absolute atomic E-state index is 0.842. The van der Waals surface area contributed by atoms with Crippen LogP contribution in [0.15, 0.2) is 0 Å². The van der Waals surface area contributed by atoms with Crippen LogP contribution < -0.4 is 26.6 Å². The van der Waals surface area contributed by atoms with E-state index in [4.69, 9.17) is 109 Å². The Labute approximate surface area is 832 Å². The molecule has 12 fully saturated rings. The lowest BCUT2D eigenvalue weighted by Gasteiger charge is -2.52. The van der Waals surface area contributed by atoms with E-state index in [1.54, 1.807) is 0 Å². The van der Waals surface area contributed by atoms with Gasteiger partial charge in [-0.25, -0.2) is 0 Å². The van der Waals surface area contributed by atoms with E-state index in [1.807, 2.05) is 0 Å². The molecular formula is C82H137N5O60. The maximum Gasteiger partial charge on any atom is 0.217 e. The normalized spacial score (nSPS) is 49.6. The van der Waals surface area contributed by atoms with Crippen LogP contribution in [0.5, 0.6) is 0 Å². The van der Waals surface area contributed by atoms with Gasteiger partial charge in [-0.3, -0.25) is 24.0 Å². The molecule has 147 heavy (non-hydrogen) atoms. The fourth-order valence-electron chi connectivity index (χ4n) is 19.2. The molecule has 0 radical (unpaired) electrons. The SMILES string of the molecule is CC(=O)N[C@@H]1[C@@H](O)[C@H](O[C@@H]2O[C@H](CO)[C@@H](O[C@@H]3O[C@H](CO[C@@H]4O[C@H](CO[C@@H]5O[C@H](CO)[C@@H](O[C@@H]6O[C@H](CO)[C@H](O)[C@H](O)[C@H]6O)[C@H](O)[C@H]5NC(C)=O)[C@@H](O)[C@H](O)[C@@H]4O[C@@H]4O[C@H](CO)[C@@H](O[C@@H]5O[C@H](CO)[C@H](O)[C@H](O)[C@H]5O)[C@H](O)[C@H]4NC(C)=O)[C@@H](O)[C@H](O[C@@H]4O[C@H](CO)[C@@H](O)[C@H](O)[C@@H]4O[C@@H]4O[C@H](CO)[C@@H](O[C@@H]5O[C@H](CO)[C@H](O)[C@H](O)[C@H]5O)[C@H](O[C@@H]5O[C@@H](C)[C@@H](O)[C@@H](O)[C@@H]5O)[C@H]4NC(C)=O)[C@@H]3O)[C@H](O)[C@H]2NC(C)=O)[C@@H](CO)O[C@H]1O. The first-order valence-corrected chi connectivity index (χ1v) is 47.0. The highest BCUT2D eigenvalue weighted by Crippen LogP contribution is 2.43. The number of ether oxygens (including phenoxy) is 23. The molecule has 0 aromatic heterocycles. The van der Waals surface area contributed by atoms with Gasteiger partial charge in [0.2, 0.25) is 29.5 Å². The molecule has 0 spiro atoms. The van der Waals surface area contributed by atoms with Gasteiger partial charge in [0.25, 0.3) is 0 Å². The first kappa shape index (κ1) is 121. The van der Waals surface area contributed by atoms with Crippen LogP contribution in [0.25, 0.3) is 0 Å². The summed E-state index contributed by atoms with van der Waals surface area (Å²) in [4.78, 5) is 65.7. The van der Waals surface area contributed by atoms with Crippen molar-refractivity contribution in [1.29, 1.82) is 0 Å². The van der Waals surface area contributed by atoms with Gasteiger partial charge in [-0.15, -0.1) is 0 Å². The van der Waals surface area contributed by atoms with Gasteiger partial charge in [0.15, 0.2) is 75.5 Å². The van der Waals surface area contributed by atoms with Gasteiger partial charge in [0.1, 0.15) is 287 Å². The highest BCUT2D eigenvalue weighted by Gasteiger charge is 2.64. The van der Waals surface area contributed by atoms with E-state index < -0.39 is 470 Å². The van der Waals surface area contributed by atoms with E-state index in [9.17, 15) is 187 Å². The topological polar surface area (TPSA) is 1010 Å². The van der Waals surface area contributed by atoms with Crippen molar-refractivity contribution in [2.75, 3.05) is 72.7 Å². The van der Waals surface area contributed by atoms with Crippen LogP contribution in [-0.4, -0.2) is 634 Å². The molecule has 0 aliphatic carbocycles. The Morgan fingerprint density at radius 1 is 0.190 bits per heavy atom. The maximum absolute atomic E-state index is 13.7. The lowest BCUT2D eigenvalue weighted by atomic mass is 9.93. The van der Waals surface area contributed by atoms with Crippen molar-refractivity contribution in [1.82, 2.24) is 26.6 Å². The summed E-state index contributed by atoms with van der Waals surface area (Å²) < 4.78 is 139. The highest BCUT2D eigenvalue weighted by atomic mass is 16.8. The summed E-state index contributed by atoms with van der Waals surface area (Å²) in [6.07, 6.45) is -120. The molecule has 12 rings (SSSR count). The summed E-state index contributed by atoms with van der Waals surface area (Å²) in [7, 11) is 0. The largest absolute Gasteiger partial charge is 0.394 e. The first-order chi connectivity index (χ1) is 69.5. The van der Waals surface area contributed by atoms with Gasteiger partial charge < -0.3 is 299 Å². The van der Waals surface area contributed by atoms with Crippen LogP contribution >= 0.6 is 0 Å². The zero-order valence-electron chi connectivity index (χ0n) is 79.2. The summed E-state index contributed by atoms with van der Waals surface area (Å²) in [6, 6.07) is -9.91. The van der Waals surface area contributed by atoms with Crippen molar-refractivity contribution in [3.8, 4) is 0 Å². The van der Waals surface area contributed by atoms with E-state index in [1.165, 1.54) is 6.92 Å². The Morgan fingerprint density at radius 3 is 0.823 bits per heavy atom. The van der Waals surface area contributed by atoms with E-state index in [2.05, 4.69) is 26.6 Å². The summed E-state index contributed by atoms with van der Waals surface area (Å²) in [5, 5.41) is 374. The Hall–Kier alpha value is -4.85. The molecule has 60 atom stereocenters. The van der Waals surface area contributed by atoms with Crippen LogP contribution in [-0.2, 0) is 133 Å². The van der Waals surface area contributed by atoms with Crippen molar-refractivity contribution in [3.63, 3.8) is 0 Å². The molecule has 0 saturated carbocycles. The van der Waals surface area contributed by atoms with Gasteiger partial charge in [-0.1, -0.05) is 0 Å². The molecule has 12 aliphatic rings. The Balaban J connectivity index is 0.932. The van der Waals surface area contributed by atoms with Crippen molar-refractivity contribution < 1.29 is 296 Å². The molecule has 12 heterocycles. The fraction of sp³-hybridized carbons (Fsp3) is 0.939. The molecule has 37 N–H and O–H groups in total. The highest BCUT2D eigenvalue weighted by molar-refractivity contribution is 5.75. The summed E-state index contributed by atoms with van der Waals surface area (Å²) in [5.74, 6) is -4.94. The number of hydrogen-bond acceptors (Lipinski definition) is 60. The lowest BCUT2D eigenvalue weighted by Crippen LogP contribution is -2.71. The molecule has 65 nitrogen and oxygen atoms in total. The molecule has 0 unspecified atom stereocenters. The third-order valence-electron chi connectivity index (χ3n) is 27.0. The second-order valence-electron chi connectivity index (χ2n) is 37.3. The van der Waals surface area contributed by atoms with Gasteiger partial charge in [0.05, 0.1) is 78.8 Å². The lowest BCUT2D eigenvalue weighted by molar-refractivity contribution is -0.403. The standard InChI is InChI=1S/C82H137N5O60/c1-18-40(102)51(113)57(119)76(127-18)144-67-39(87-23(6)101)75(136-32(15-96)66(67)143-79-60(122)54(116)43(105)26(9-90)131-79)147-70-55(117)44(106)27(10-91)132-82(70)145-68-46(108)34(137-80(61(68)123)142-65-31(14-95)134-73(37(49(65)111)85-21(4)99)139-62-28(11-92)128-71(124)35(47(62)109)83-19(2)97)17-126-81-69(146-74-38(86-22(5)100)50(112)64(30(13-94)135-74)141-78-59(121)53(115)42(104)25(8-89)130-78)56(118)45(107)33(138-81)16-125-72-36(84-20(3)98)48(110)63(29(12-93)133-72)140-77-58(120)52(114)41(103)24(7-88)129-77/h18,24-82,88-96,102-124H,7-17H2,1-6H3,(H,83,97)(H,84,98)(H,85,99)(H,86,100)(H,87,101)/t18-,24+,25+,26+,27+,28+,29+,30+,31+,32+,33+,34+,35+,36+,37+,38+,39+,40+,41-,42-,43-,44+,45+,46+,47+,48+,49+,50+,51+,52-,53-,54-,55-,56-,57-,58+,59+,60+,61-,62+,63+,64+,65+,66+,67+,68-,69-,70-,71+,72+,73-,74-,75-,76-,77-,78-,79-,80-,81+,82-/m0/s1. The molecule has 12 aliphatic heterocycles. The van der Waals surface area contributed by atoms with E-state index in [0.29, 0.717) is 0 Å². The molecule has 0 bridgehead atoms. The quantitative estimate of drug-likeness (QED) is 0.0273. The minimum atomic E-state index is -2.77. The van der Waals surface area contributed by atoms with E-state index in [-0.39, 0.29) is 0 Å². The van der Waals surface area contributed by atoms with Crippen LogP contribution in [0.4, 0.5) is 0 Å². The molecular weight excluding hydrogens is 2010 g/mol. The van der Waals surface area contributed by atoms with Gasteiger partial charge in [-0.05, 0) is 6.92 Å². The van der Waals surface area contributed by atoms with E-state index >= 15 is 0 Å². The number of aliphatic hydroxyl groups excluding tert-OH is 32. The average Bonchev–Trinajstić information content (AvgIpc) is 0.760. The van der Waals surface area contributed by atoms with Crippen LogP contribution in [0.1, 0.15) is 41.5 Å². The Bertz CT molecular complexity index is 4110. The zero-order chi connectivity index (χ0) is 108. The third kappa shape index (κ3) is 26.8. The van der Waals surface area contributed by atoms with Crippen molar-refractivity contribution in [2.24, 2.45) is 0 Å². The van der Waals surface area contributed by atoms with Crippen LogP contribution in [0, 0.1) is 0 Å². The number of amides is 5. The predicted octanol–water partition coefficient (Wildman–Crippen LogP) is -25.4. The maximum atomic E-state index is 13.7. The molecule has 5 amide bonds. The summed E-state index contributed by atoms with van der Waals surface area (Å²) in [6.45, 7) is -7.28. The van der Waals surface area contributed by atoms with Gasteiger partial charge in [-0.2, -0.15) is 0 Å². The second-order valence-corrected chi connectivity index (χ2v) is 37.3. The Morgan fingerprint density at radius 2 is 0.429 bits per heavy atom. The molecule has 0 aromatic rings. The number of carbonyl (C=O) groups is 5. The van der Waals surface area contributed by atoms with Crippen LogP contribution in [0.3, 0.4) is 0 Å².